The molecule has 0 spiro atoms. The van der Waals surface area contributed by atoms with Crippen LogP contribution >= 0.6 is 15.2 Å². The summed E-state index contributed by atoms with van der Waals surface area (Å²) in [5.41, 5.74) is 3.27. The van der Waals surface area contributed by atoms with Gasteiger partial charge in [-0.25, -0.2) is 10.4 Å². The van der Waals surface area contributed by atoms with Crippen LogP contribution in [0.15, 0.2) is 30.3 Å². The van der Waals surface area contributed by atoms with Crippen molar-refractivity contribution in [2.75, 3.05) is 40.5 Å². The topological polar surface area (TPSA) is 86.3 Å². The summed E-state index contributed by atoms with van der Waals surface area (Å²) >= 11 is 0. The second kappa shape index (κ2) is 13.0. The van der Waals surface area contributed by atoms with E-state index < -0.39 is 26.6 Å². The molecule has 0 saturated carbocycles. The fourth-order valence-electron chi connectivity index (χ4n) is 3.04. The van der Waals surface area contributed by atoms with Crippen molar-refractivity contribution in [2.24, 2.45) is 0 Å². The van der Waals surface area contributed by atoms with E-state index >= 15 is 0 Å². The maximum Gasteiger partial charge on any atom is 0.348 e. The average molecular weight is 450 g/mol. The van der Waals surface area contributed by atoms with Crippen LogP contribution in [-0.2, 0) is 27.2 Å². The predicted octanol–water partition coefficient (Wildman–Crippen LogP) is 5.04. The van der Waals surface area contributed by atoms with E-state index in [0.29, 0.717) is 0 Å². The Bertz CT molecular complexity index is 654. The lowest BCUT2D eigenvalue weighted by molar-refractivity contribution is 0.175. The molecule has 0 aliphatic rings. The summed E-state index contributed by atoms with van der Waals surface area (Å²) < 4.78 is 49.7. The van der Waals surface area contributed by atoms with E-state index in [9.17, 15) is 9.13 Å². The molecule has 0 saturated heterocycles. The van der Waals surface area contributed by atoms with Gasteiger partial charge in [0.25, 0.3) is 0 Å². The van der Waals surface area contributed by atoms with Crippen molar-refractivity contribution in [1.82, 2.24) is 10.4 Å². The molecule has 1 aromatic carbocycles. The molecule has 0 heterocycles. The first kappa shape index (κ1) is 26.5. The predicted molar refractivity (Wildman–Crippen MR) is 116 cm³/mol. The molecular formula is C19H36N2O6P2. The maximum atomic E-state index is 13.7. The third kappa shape index (κ3) is 7.89. The third-order valence-electron chi connectivity index (χ3n) is 4.04. The van der Waals surface area contributed by atoms with Crippen molar-refractivity contribution in [3.8, 4) is 0 Å². The monoisotopic (exact) mass is 450 g/mol. The fraction of sp³-hybridized carbons (Fsp3) is 0.684. The van der Waals surface area contributed by atoms with Crippen LogP contribution in [0.3, 0.4) is 0 Å². The van der Waals surface area contributed by atoms with E-state index in [0.717, 1.165) is 5.56 Å². The summed E-state index contributed by atoms with van der Waals surface area (Å²) in [6, 6.07) is 9.35. The lowest BCUT2D eigenvalue weighted by atomic mass is 10.1. The molecule has 1 N–H and O–H groups in total. The summed E-state index contributed by atoms with van der Waals surface area (Å²) in [6.45, 7) is 8.00. The van der Waals surface area contributed by atoms with Crippen LogP contribution in [0.4, 0.5) is 0 Å². The van der Waals surface area contributed by atoms with Gasteiger partial charge in [-0.15, -0.1) is 0 Å². The Balaban J connectivity index is 3.44. The first-order valence-corrected chi connectivity index (χ1v) is 13.2. The van der Waals surface area contributed by atoms with Gasteiger partial charge in [-0.05, 0) is 39.7 Å². The van der Waals surface area contributed by atoms with E-state index in [1.807, 2.05) is 30.3 Å². The first-order chi connectivity index (χ1) is 13.8. The quantitative estimate of drug-likeness (QED) is 0.294. The highest BCUT2D eigenvalue weighted by Crippen LogP contribution is 2.65. The molecule has 8 nitrogen and oxygen atoms in total. The molecule has 0 bridgehead atoms. The first-order valence-electron chi connectivity index (χ1n) is 10.0. The Morgan fingerprint density at radius 3 is 1.69 bits per heavy atom. The molecule has 2 atom stereocenters. The molecule has 29 heavy (non-hydrogen) atoms. The Kier molecular flexibility index (Phi) is 11.9. The zero-order chi connectivity index (χ0) is 21.9. The number of benzene rings is 1. The largest absolute Gasteiger partial charge is 0.348 e. The van der Waals surface area contributed by atoms with Crippen LogP contribution in [0.1, 0.15) is 45.3 Å². The molecule has 1 rings (SSSR count). The van der Waals surface area contributed by atoms with Crippen LogP contribution < -0.4 is 5.43 Å². The van der Waals surface area contributed by atoms with Crippen molar-refractivity contribution in [3.05, 3.63) is 35.9 Å². The number of nitrogens with zero attached hydrogens (tertiary/aromatic N) is 1. The second-order valence-corrected chi connectivity index (χ2v) is 10.9. The number of nitrogens with one attached hydrogen (secondary N) is 1. The Morgan fingerprint density at radius 2 is 1.28 bits per heavy atom. The Labute approximate surface area is 175 Å². The number of hydrogen-bond donors (Lipinski definition) is 1. The highest BCUT2D eigenvalue weighted by atomic mass is 31.2. The number of hydrazine groups is 1. The van der Waals surface area contributed by atoms with Gasteiger partial charge in [0, 0.05) is 14.1 Å². The van der Waals surface area contributed by atoms with Gasteiger partial charge in [0.1, 0.15) is 5.78 Å². The molecule has 1 aromatic rings. The van der Waals surface area contributed by atoms with Crippen molar-refractivity contribution in [1.29, 1.82) is 0 Å². The SMILES string of the molecule is CCOP(=O)(OCC)C(CC(c1ccccc1)P(=O)(OCC)OCC)NN(C)C. The van der Waals surface area contributed by atoms with Gasteiger partial charge in [0.05, 0.1) is 32.1 Å². The second-order valence-electron chi connectivity index (χ2n) is 6.45. The summed E-state index contributed by atoms with van der Waals surface area (Å²) in [5.74, 6) is -0.739. The van der Waals surface area contributed by atoms with E-state index in [1.54, 1.807) is 46.8 Å². The van der Waals surface area contributed by atoms with Gasteiger partial charge < -0.3 is 18.1 Å². The van der Waals surface area contributed by atoms with E-state index in [4.69, 9.17) is 18.1 Å². The minimum Gasteiger partial charge on any atom is -0.308 e. The van der Waals surface area contributed by atoms with Crippen LogP contribution in [0.5, 0.6) is 0 Å². The molecule has 0 aliphatic carbocycles. The van der Waals surface area contributed by atoms with E-state index in [-0.39, 0.29) is 32.8 Å². The Hall–Kier alpha value is -0.560. The summed E-state index contributed by atoms with van der Waals surface area (Å²) in [6.07, 6.45) is 0.177. The van der Waals surface area contributed by atoms with Crippen molar-refractivity contribution < 1.29 is 27.2 Å². The highest BCUT2D eigenvalue weighted by molar-refractivity contribution is 7.55. The zero-order valence-electron chi connectivity index (χ0n) is 18.4. The van der Waals surface area contributed by atoms with Crippen LogP contribution in [0, 0.1) is 0 Å². The Morgan fingerprint density at radius 1 is 0.828 bits per heavy atom. The molecule has 168 valence electrons. The molecule has 0 radical (unpaired) electrons. The minimum atomic E-state index is -3.55. The molecule has 10 heteroatoms. The standard InChI is InChI=1S/C19H36N2O6P2/c1-7-24-28(22,25-8-2)18(17-14-12-11-13-15-17)16-19(20-21(5)6)29(23,26-9-3)27-10-4/h11-15,18-20H,7-10,16H2,1-6H3. The van der Waals surface area contributed by atoms with Crippen molar-refractivity contribution >= 4 is 15.2 Å². The maximum absolute atomic E-state index is 13.7. The van der Waals surface area contributed by atoms with Crippen LogP contribution in [-0.4, -0.2) is 51.3 Å². The molecule has 0 fully saturated rings. The van der Waals surface area contributed by atoms with Crippen LogP contribution in [0.2, 0.25) is 0 Å². The molecule has 2 unspecified atom stereocenters. The highest BCUT2D eigenvalue weighted by Gasteiger charge is 2.44. The lowest BCUT2D eigenvalue weighted by Crippen LogP contribution is -2.41. The van der Waals surface area contributed by atoms with Gasteiger partial charge >= 0.3 is 15.2 Å². The number of rotatable bonds is 15. The van der Waals surface area contributed by atoms with Crippen molar-refractivity contribution in [3.63, 3.8) is 0 Å². The van der Waals surface area contributed by atoms with E-state index in [2.05, 4.69) is 5.43 Å². The number of hydrogen-bond acceptors (Lipinski definition) is 8. The summed E-state index contributed by atoms with van der Waals surface area (Å²) in [5, 5.41) is 1.68. The molecule has 0 aliphatic heterocycles. The third-order valence-corrected chi connectivity index (χ3v) is 8.87. The summed E-state index contributed by atoms with van der Waals surface area (Å²) in [4.78, 5) is 0. The zero-order valence-corrected chi connectivity index (χ0v) is 20.2. The molecular weight excluding hydrogens is 414 g/mol. The smallest absolute Gasteiger partial charge is 0.308 e. The van der Waals surface area contributed by atoms with E-state index in [1.165, 1.54) is 0 Å². The van der Waals surface area contributed by atoms with Gasteiger partial charge in [-0.1, -0.05) is 30.3 Å². The average Bonchev–Trinajstić information content (AvgIpc) is 2.66. The van der Waals surface area contributed by atoms with Gasteiger partial charge in [-0.2, -0.15) is 0 Å². The van der Waals surface area contributed by atoms with Crippen LogP contribution in [0.25, 0.3) is 0 Å². The fourth-order valence-corrected chi connectivity index (χ4v) is 7.36. The van der Waals surface area contributed by atoms with Gasteiger partial charge in [-0.3, -0.25) is 9.13 Å². The van der Waals surface area contributed by atoms with Gasteiger partial charge in [0.2, 0.25) is 0 Å². The molecule has 0 aromatic heterocycles. The minimum absolute atomic E-state index is 0.177. The van der Waals surface area contributed by atoms with Gasteiger partial charge in [0.15, 0.2) is 0 Å². The van der Waals surface area contributed by atoms with Crippen molar-refractivity contribution in [2.45, 2.75) is 45.6 Å². The normalized spacial score (nSPS) is 14.9. The lowest BCUT2D eigenvalue weighted by Gasteiger charge is -2.34. The molecule has 0 amide bonds. The summed E-state index contributed by atoms with van der Waals surface area (Å²) in [7, 11) is -3.52.